The quantitative estimate of drug-likeness (QED) is 0.861. The van der Waals surface area contributed by atoms with Crippen molar-refractivity contribution in [2.45, 2.75) is 18.2 Å². The van der Waals surface area contributed by atoms with E-state index in [1.54, 1.807) is 6.92 Å². The first kappa shape index (κ1) is 16.4. The van der Waals surface area contributed by atoms with Crippen LogP contribution in [-0.4, -0.2) is 36.9 Å². The molecule has 20 heavy (non-hydrogen) atoms. The smallest absolute Gasteiger partial charge is 0.304 e. The van der Waals surface area contributed by atoms with E-state index in [-0.39, 0.29) is 35.0 Å². The fourth-order valence-electron chi connectivity index (χ4n) is 1.59. The minimum absolute atomic E-state index is 0.0576. The molecule has 6 nitrogen and oxygen atoms in total. The summed E-state index contributed by atoms with van der Waals surface area (Å²) in [6.45, 7) is 1.60. The lowest BCUT2D eigenvalue weighted by Crippen LogP contribution is -2.33. The maximum Gasteiger partial charge on any atom is 0.304 e. The molecule has 1 N–H and O–H groups in total. The van der Waals surface area contributed by atoms with E-state index >= 15 is 0 Å². The SMILES string of the molecule is CCN(CCC(=O)O)S(=O)(=O)c1ccc(C#N)cc1Cl. The molecule has 0 aliphatic carbocycles. The van der Waals surface area contributed by atoms with E-state index in [1.807, 2.05) is 6.07 Å². The van der Waals surface area contributed by atoms with Gasteiger partial charge in [0.15, 0.2) is 0 Å². The van der Waals surface area contributed by atoms with E-state index in [9.17, 15) is 13.2 Å². The van der Waals surface area contributed by atoms with Gasteiger partial charge in [-0.3, -0.25) is 4.79 Å². The molecule has 0 unspecified atom stereocenters. The minimum Gasteiger partial charge on any atom is -0.481 e. The number of aliphatic carboxylic acids is 1. The summed E-state index contributed by atoms with van der Waals surface area (Å²) >= 11 is 5.88. The standard InChI is InChI=1S/C12H13ClN2O4S/c1-2-15(6-5-12(16)17)20(18,19)11-4-3-9(8-14)7-10(11)13/h3-4,7H,2,5-6H2,1H3,(H,16,17). The monoisotopic (exact) mass is 316 g/mol. The zero-order valence-electron chi connectivity index (χ0n) is 10.7. The van der Waals surface area contributed by atoms with Gasteiger partial charge in [-0.2, -0.15) is 9.57 Å². The Balaban J connectivity index is 3.14. The summed E-state index contributed by atoms with van der Waals surface area (Å²) in [5, 5.41) is 17.3. The lowest BCUT2D eigenvalue weighted by atomic mass is 10.2. The molecule has 0 bridgehead atoms. The van der Waals surface area contributed by atoms with Crippen molar-refractivity contribution >= 4 is 27.6 Å². The Morgan fingerprint density at radius 3 is 2.60 bits per heavy atom. The summed E-state index contributed by atoms with van der Waals surface area (Å²) in [5.41, 5.74) is 0.252. The fourth-order valence-corrected chi connectivity index (χ4v) is 3.56. The first-order valence-electron chi connectivity index (χ1n) is 5.74. The summed E-state index contributed by atoms with van der Waals surface area (Å²) in [6.07, 6.45) is -0.291. The highest BCUT2D eigenvalue weighted by molar-refractivity contribution is 7.89. The van der Waals surface area contributed by atoms with E-state index in [0.717, 1.165) is 4.31 Å². The molecule has 8 heteroatoms. The van der Waals surface area contributed by atoms with Crippen molar-refractivity contribution < 1.29 is 18.3 Å². The average molecular weight is 317 g/mol. The Labute approximate surface area is 122 Å². The number of carbonyl (C=O) groups is 1. The van der Waals surface area contributed by atoms with Crippen molar-refractivity contribution in [2.24, 2.45) is 0 Å². The van der Waals surface area contributed by atoms with Crippen LogP contribution in [0, 0.1) is 11.3 Å². The van der Waals surface area contributed by atoms with E-state index in [0.29, 0.717) is 0 Å². The number of sulfonamides is 1. The highest BCUT2D eigenvalue weighted by Crippen LogP contribution is 2.25. The predicted octanol–water partition coefficient (Wildman–Crippen LogP) is 1.70. The second kappa shape index (κ2) is 6.70. The molecule has 0 aromatic heterocycles. The van der Waals surface area contributed by atoms with Crippen LogP contribution in [0.2, 0.25) is 5.02 Å². The fraction of sp³-hybridized carbons (Fsp3) is 0.333. The normalized spacial score (nSPS) is 11.3. The Morgan fingerprint density at radius 2 is 2.15 bits per heavy atom. The predicted molar refractivity (Wildman–Crippen MR) is 72.9 cm³/mol. The summed E-state index contributed by atoms with van der Waals surface area (Å²) in [7, 11) is -3.87. The van der Waals surface area contributed by atoms with Crippen molar-refractivity contribution in [2.75, 3.05) is 13.1 Å². The van der Waals surface area contributed by atoms with Crippen LogP contribution < -0.4 is 0 Å². The largest absolute Gasteiger partial charge is 0.481 e. The van der Waals surface area contributed by atoms with Crippen LogP contribution in [0.25, 0.3) is 0 Å². The number of carboxylic acid groups (broad SMARTS) is 1. The molecular weight excluding hydrogens is 304 g/mol. The van der Waals surface area contributed by atoms with Crippen LogP contribution in [-0.2, 0) is 14.8 Å². The zero-order valence-corrected chi connectivity index (χ0v) is 12.3. The third kappa shape index (κ3) is 3.70. The van der Waals surface area contributed by atoms with Gasteiger partial charge in [0, 0.05) is 13.1 Å². The van der Waals surface area contributed by atoms with Gasteiger partial charge in [0.2, 0.25) is 10.0 Å². The highest BCUT2D eigenvalue weighted by Gasteiger charge is 2.26. The van der Waals surface area contributed by atoms with E-state index < -0.39 is 16.0 Å². The summed E-state index contributed by atoms with van der Waals surface area (Å²) < 4.78 is 25.8. The highest BCUT2D eigenvalue weighted by atomic mass is 35.5. The number of benzene rings is 1. The van der Waals surface area contributed by atoms with Crippen molar-refractivity contribution in [3.63, 3.8) is 0 Å². The average Bonchev–Trinajstić information content (AvgIpc) is 2.38. The molecular formula is C12H13ClN2O4S. The van der Waals surface area contributed by atoms with E-state index in [2.05, 4.69) is 0 Å². The van der Waals surface area contributed by atoms with Gasteiger partial charge in [-0.25, -0.2) is 8.42 Å². The molecule has 108 valence electrons. The van der Waals surface area contributed by atoms with Crippen molar-refractivity contribution in [3.8, 4) is 6.07 Å². The summed E-state index contributed by atoms with van der Waals surface area (Å²) in [6, 6.07) is 5.72. The van der Waals surface area contributed by atoms with Gasteiger partial charge in [0.1, 0.15) is 4.90 Å². The number of hydrogen-bond acceptors (Lipinski definition) is 4. The number of carboxylic acids is 1. The van der Waals surface area contributed by atoms with E-state index in [4.69, 9.17) is 22.0 Å². The lowest BCUT2D eigenvalue weighted by Gasteiger charge is -2.20. The maximum absolute atomic E-state index is 12.4. The van der Waals surface area contributed by atoms with Crippen molar-refractivity contribution in [3.05, 3.63) is 28.8 Å². The number of rotatable bonds is 6. The molecule has 0 fully saturated rings. The number of hydrogen-bond donors (Lipinski definition) is 1. The second-order valence-corrected chi connectivity index (χ2v) is 6.21. The van der Waals surface area contributed by atoms with Crippen LogP contribution in [0.1, 0.15) is 18.9 Å². The van der Waals surface area contributed by atoms with Gasteiger partial charge in [-0.05, 0) is 18.2 Å². The minimum atomic E-state index is -3.87. The van der Waals surface area contributed by atoms with Crippen LogP contribution >= 0.6 is 11.6 Å². The molecule has 0 heterocycles. The lowest BCUT2D eigenvalue weighted by molar-refractivity contribution is -0.137. The summed E-state index contributed by atoms with van der Waals surface area (Å²) in [4.78, 5) is 10.4. The van der Waals surface area contributed by atoms with Crippen LogP contribution in [0.4, 0.5) is 0 Å². The Bertz CT molecular complexity index is 652. The number of nitriles is 1. The van der Waals surface area contributed by atoms with Crippen LogP contribution in [0.3, 0.4) is 0 Å². The van der Waals surface area contributed by atoms with Crippen LogP contribution in [0.5, 0.6) is 0 Å². The molecule has 1 aromatic rings. The Morgan fingerprint density at radius 1 is 1.50 bits per heavy atom. The Hall–Kier alpha value is -1.62. The van der Waals surface area contributed by atoms with Crippen molar-refractivity contribution in [1.29, 1.82) is 5.26 Å². The van der Waals surface area contributed by atoms with Crippen molar-refractivity contribution in [1.82, 2.24) is 4.31 Å². The topological polar surface area (TPSA) is 98.5 Å². The third-order valence-electron chi connectivity index (χ3n) is 2.61. The van der Waals surface area contributed by atoms with Gasteiger partial charge < -0.3 is 5.11 Å². The summed E-state index contributed by atoms with van der Waals surface area (Å²) in [5.74, 6) is -1.08. The second-order valence-electron chi connectivity index (χ2n) is 3.90. The van der Waals surface area contributed by atoms with Gasteiger partial charge >= 0.3 is 5.97 Å². The molecule has 0 aliphatic rings. The van der Waals surface area contributed by atoms with Gasteiger partial charge in [0.25, 0.3) is 0 Å². The van der Waals surface area contributed by atoms with Gasteiger partial charge in [0.05, 0.1) is 23.1 Å². The molecule has 0 spiro atoms. The third-order valence-corrected chi connectivity index (χ3v) is 5.06. The Kier molecular flexibility index (Phi) is 5.51. The van der Waals surface area contributed by atoms with Gasteiger partial charge in [-0.15, -0.1) is 0 Å². The number of nitrogens with zero attached hydrogens (tertiary/aromatic N) is 2. The molecule has 0 atom stereocenters. The molecule has 0 saturated carbocycles. The molecule has 0 aliphatic heterocycles. The van der Waals surface area contributed by atoms with E-state index in [1.165, 1.54) is 18.2 Å². The molecule has 1 aromatic carbocycles. The molecule has 0 amide bonds. The zero-order chi connectivity index (χ0) is 15.3. The molecule has 1 rings (SSSR count). The molecule has 0 radical (unpaired) electrons. The van der Waals surface area contributed by atoms with Gasteiger partial charge in [-0.1, -0.05) is 18.5 Å². The maximum atomic E-state index is 12.4. The molecule has 0 saturated heterocycles. The first-order valence-corrected chi connectivity index (χ1v) is 7.56. The first-order chi connectivity index (χ1) is 9.32. The van der Waals surface area contributed by atoms with Crippen LogP contribution in [0.15, 0.2) is 23.1 Å². The number of halogens is 1.